The highest BCUT2D eigenvalue weighted by Gasteiger charge is 2.36. The number of benzene rings is 1. The Morgan fingerprint density at radius 1 is 1.13 bits per heavy atom. The number of piperazine rings is 1. The molecule has 2 aromatic rings. The highest BCUT2D eigenvalue weighted by atomic mass is 16.6. The Bertz CT molecular complexity index is 960. The van der Waals surface area contributed by atoms with Gasteiger partial charge in [0.05, 0.1) is 24.8 Å². The van der Waals surface area contributed by atoms with Gasteiger partial charge in [-0.15, -0.1) is 10.2 Å². The summed E-state index contributed by atoms with van der Waals surface area (Å²) in [5, 5.41) is 18.2. The number of anilines is 1. The maximum Gasteiger partial charge on any atom is 0.410 e. The third-order valence-electron chi connectivity index (χ3n) is 5.01. The maximum atomic E-state index is 12.7. The van der Waals surface area contributed by atoms with E-state index in [-0.39, 0.29) is 23.7 Å². The summed E-state index contributed by atoms with van der Waals surface area (Å²) in [7, 11) is 1.49. The molecule has 9 heteroatoms. The van der Waals surface area contributed by atoms with Crippen LogP contribution in [-0.4, -0.2) is 70.2 Å². The molecular formula is C21H28N4O5. The van der Waals surface area contributed by atoms with Gasteiger partial charge in [-0.1, -0.05) is 0 Å². The second kappa shape index (κ2) is 7.97. The van der Waals surface area contributed by atoms with Gasteiger partial charge in [0.2, 0.25) is 5.88 Å². The minimum absolute atomic E-state index is 0.0809. The van der Waals surface area contributed by atoms with Crippen molar-refractivity contribution in [3.8, 4) is 5.88 Å². The number of amides is 1. The number of carbonyl (C=O) groups excluding carboxylic acids is 1. The third-order valence-corrected chi connectivity index (χ3v) is 5.01. The molecule has 30 heavy (non-hydrogen) atoms. The van der Waals surface area contributed by atoms with E-state index in [1.165, 1.54) is 13.2 Å². The molecule has 0 saturated carbocycles. The van der Waals surface area contributed by atoms with Crippen molar-refractivity contribution in [2.75, 3.05) is 25.1 Å². The summed E-state index contributed by atoms with van der Waals surface area (Å²) in [5.41, 5.74) is 0.643. The molecule has 0 radical (unpaired) electrons. The minimum atomic E-state index is -1.07. The van der Waals surface area contributed by atoms with E-state index in [0.29, 0.717) is 29.9 Å². The van der Waals surface area contributed by atoms with E-state index in [0.717, 1.165) is 5.69 Å². The fourth-order valence-electron chi connectivity index (χ4n) is 3.84. The van der Waals surface area contributed by atoms with Crippen molar-refractivity contribution in [2.24, 2.45) is 0 Å². The summed E-state index contributed by atoms with van der Waals surface area (Å²) in [6, 6.07) is 4.80. The van der Waals surface area contributed by atoms with Crippen LogP contribution in [0.4, 0.5) is 10.5 Å². The fraction of sp³-hybridized carbons (Fsp3) is 0.524. The quantitative estimate of drug-likeness (QED) is 0.813. The van der Waals surface area contributed by atoms with Crippen molar-refractivity contribution in [1.29, 1.82) is 0 Å². The van der Waals surface area contributed by atoms with Crippen molar-refractivity contribution in [1.82, 2.24) is 15.1 Å². The zero-order valence-corrected chi connectivity index (χ0v) is 18.2. The van der Waals surface area contributed by atoms with E-state index >= 15 is 0 Å². The molecule has 0 spiro atoms. The summed E-state index contributed by atoms with van der Waals surface area (Å²) >= 11 is 0. The van der Waals surface area contributed by atoms with Gasteiger partial charge in [-0.3, -0.25) is 4.90 Å². The zero-order chi connectivity index (χ0) is 22.2. The van der Waals surface area contributed by atoms with Crippen molar-refractivity contribution < 1.29 is 24.2 Å². The number of aromatic nitrogens is 2. The Morgan fingerprint density at radius 2 is 1.77 bits per heavy atom. The molecule has 0 bridgehead atoms. The van der Waals surface area contributed by atoms with E-state index in [4.69, 9.17) is 9.47 Å². The lowest BCUT2D eigenvalue weighted by molar-refractivity contribution is 0.00566. The molecule has 0 unspecified atom stereocenters. The molecule has 3 rings (SSSR count). The molecule has 1 aliphatic rings. The van der Waals surface area contributed by atoms with Crippen molar-refractivity contribution in [3.63, 3.8) is 0 Å². The number of rotatable bonds is 3. The van der Waals surface area contributed by atoms with E-state index in [1.807, 2.05) is 34.6 Å². The van der Waals surface area contributed by atoms with Gasteiger partial charge in [0, 0.05) is 30.2 Å². The Labute approximate surface area is 175 Å². The number of nitrogens with zero attached hydrogens (tertiary/aromatic N) is 4. The smallest absolute Gasteiger partial charge is 0.410 e. The molecule has 162 valence electrons. The van der Waals surface area contributed by atoms with Gasteiger partial charge in [0.15, 0.2) is 0 Å². The highest BCUT2D eigenvalue weighted by molar-refractivity contribution is 6.06. The zero-order valence-electron chi connectivity index (χ0n) is 18.2. The summed E-state index contributed by atoms with van der Waals surface area (Å²) < 4.78 is 10.8. The van der Waals surface area contributed by atoms with E-state index in [1.54, 1.807) is 17.0 Å². The molecule has 1 aromatic heterocycles. The number of hydrogen-bond donors (Lipinski definition) is 1. The number of aromatic carboxylic acids is 1. The SMILES string of the molecule is COc1cc2c(N3C[C@@H](C)N(C(=O)OC(C)(C)C)[C@@H](C)C3)ccc(C(=O)O)c2nn1. The Kier molecular flexibility index (Phi) is 5.74. The average Bonchev–Trinajstić information content (AvgIpc) is 2.64. The first-order valence-corrected chi connectivity index (χ1v) is 9.85. The first-order chi connectivity index (χ1) is 14.0. The summed E-state index contributed by atoms with van der Waals surface area (Å²) in [5.74, 6) is -0.762. The first-order valence-electron chi connectivity index (χ1n) is 9.85. The number of carbonyl (C=O) groups is 2. The second-order valence-corrected chi connectivity index (χ2v) is 8.58. The van der Waals surface area contributed by atoms with Gasteiger partial charge in [-0.25, -0.2) is 9.59 Å². The van der Waals surface area contributed by atoms with Crippen molar-refractivity contribution in [3.05, 3.63) is 23.8 Å². The van der Waals surface area contributed by atoms with Gasteiger partial charge in [0.25, 0.3) is 0 Å². The summed E-state index contributed by atoms with van der Waals surface area (Å²) in [6.07, 6.45) is -0.333. The predicted octanol–water partition coefficient (Wildman–Crippen LogP) is 3.17. The number of carboxylic acid groups (broad SMARTS) is 1. The largest absolute Gasteiger partial charge is 0.480 e. The topological polar surface area (TPSA) is 105 Å². The molecule has 1 saturated heterocycles. The van der Waals surface area contributed by atoms with Crippen LogP contribution in [-0.2, 0) is 4.74 Å². The van der Waals surface area contributed by atoms with Crippen LogP contribution in [0.5, 0.6) is 5.88 Å². The van der Waals surface area contributed by atoms with Crippen LogP contribution >= 0.6 is 0 Å². The van der Waals surface area contributed by atoms with Gasteiger partial charge in [-0.05, 0) is 46.8 Å². The third kappa shape index (κ3) is 4.24. The number of fused-ring (bicyclic) bond motifs is 1. The summed E-state index contributed by atoms with van der Waals surface area (Å²) in [6.45, 7) is 10.6. The van der Waals surface area contributed by atoms with Crippen LogP contribution in [0.15, 0.2) is 18.2 Å². The monoisotopic (exact) mass is 416 g/mol. The standard InChI is InChI=1S/C21H28N4O5/c1-12-10-24(11-13(2)25(12)20(28)30-21(3,4)5)16-8-7-14(19(26)27)18-15(16)9-17(29-6)22-23-18/h7-9,12-13H,10-11H2,1-6H3,(H,26,27)/t12-,13+. The maximum absolute atomic E-state index is 12.7. The van der Waals surface area contributed by atoms with Gasteiger partial charge >= 0.3 is 12.1 Å². The van der Waals surface area contributed by atoms with Crippen LogP contribution in [0, 0.1) is 0 Å². The highest BCUT2D eigenvalue weighted by Crippen LogP contribution is 2.33. The molecule has 1 N–H and O–H groups in total. The van der Waals surface area contributed by atoms with Crippen molar-refractivity contribution >= 4 is 28.7 Å². The molecule has 2 atom stereocenters. The number of hydrogen-bond acceptors (Lipinski definition) is 7. The number of ether oxygens (including phenoxy) is 2. The average molecular weight is 416 g/mol. The van der Waals surface area contributed by atoms with Gasteiger partial charge in [-0.2, -0.15) is 0 Å². The van der Waals surface area contributed by atoms with Crippen molar-refractivity contribution in [2.45, 2.75) is 52.3 Å². The molecule has 9 nitrogen and oxygen atoms in total. The first kappa shape index (κ1) is 21.6. The molecular weight excluding hydrogens is 388 g/mol. The summed E-state index contributed by atoms with van der Waals surface area (Å²) in [4.78, 5) is 28.2. The predicted molar refractivity (Wildman–Crippen MR) is 112 cm³/mol. The van der Waals surface area contributed by atoms with Crippen LogP contribution in [0.25, 0.3) is 10.9 Å². The van der Waals surface area contributed by atoms with E-state index < -0.39 is 11.6 Å². The number of methoxy groups -OCH3 is 1. The minimum Gasteiger partial charge on any atom is -0.480 e. The van der Waals surface area contributed by atoms with Gasteiger partial charge in [0.1, 0.15) is 11.1 Å². The second-order valence-electron chi connectivity index (χ2n) is 8.58. The Morgan fingerprint density at radius 3 is 2.30 bits per heavy atom. The molecule has 0 aliphatic carbocycles. The lowest BCUT2D eigenvalue weighted by atomic mass is 10.0. The van der Waals surface area contributed by atoms with Crippen LogP contribution in [0.2, 0.25) is 0 Å². The van der Waals surface area contributed by atoms with Crippen LogP contribution in [0.1, 0.15) is 45.0 Å². The Balaban J connectivity index is 1.96. The Hall–Kier alpha value is -3.10. The lowest BCUT2D eigenvalue weighted by Gasteiger charge is -2.45. The van der Waals surface area contributed by atoms with Crippen LogP contribution < -0.4 is 9.64 Å². The van der Waals surface area contributed by atoms with E-state index in [2.05, 4.69) is 15.1 Å². The normalized spacial score (nSPS) is 19.7. The molecule has 2 heterocycles. The number of carboxylic acids is 1. The van der Waals surface area contributed by atoms with Gasteiger partial charge < -0.3 is 19.5 Å². The lowest BCUT2D eigenvalue weighted by Crippen LogP contribution is -2.59. The van der Waals surface area contributed by atoms with E-state index in [9.17, 15) is 14.7 Å². The fourth-order valence-corrected chi connectivity index (χ4v) is 3.84. The van der Waals surface area contributed by atoms with Crippen LogP contribution in [0.3, 0.4) is 0 Å². The molecule has 1 fully saturated rings. The molecule has 1 aliphatic heterocycles. The molecule has 1 amide bonds. The molecule has 1 aromatic carbocycles.